The van der Waals surface area contributed by atoms with Crippen LogP contribution in [0.25, 0.3) is 10.9 Å². The van der Waals surface area contributed by atoms with Crippen molar-refractivity contribution in [1.82, 2.24) is 4.98 Å². The molecule has 0 aliphatic carbocycles. The van der Waals surface area contributed by atoms with Crippen molar-refractivity contribution in [2.75, 3.05) is 27.1 Å². The summed E-state index contributed by atoms with van der Waals surface area (Å²) in [5.74, 6) is 1.41. The second kappa shape index (κ2) is 4.78. The Bertz CT molecular complexity index is 602. The van der Waals surface area contributed by atoms with Crippen LogP contribution in [-0.2, 0) is 0 Å². The summed E-state index contributed by atoms with van der Waals surface area (Å²) in [5.41, 5.74) is 6.97. The third-order valence-electron chi connectivity index (χ3n) is 2.59. The maximum atomic E-state index is 6.16. The van der Waals surface area contributed by atoms with E-state index in [1.165, 1.54) is 21.3 Å². The molecule has 0 amide bonds. The van der Waals surface area contributed by atoms with Crippen molar-refractivity contribution in [2.45, 2.75) is 0 Å². The second-order valence-corrected chi connectivity index (χ2v) is 3.98. The van der Waals surface area contributed by atoms with E-state index >= 15 is 0 Å². The van der Waals surface area contributed by atoms with E-state index in [9.17, 15) is 0 Å². The number of rotatable bonds is 3. The Morgan fingerprint density at radius 1 is 1.11 bits per heavy atom. The summed E-state index contributed by atoms with van der Waals surface area (Å²) in [6.07, 6.45) is 0. The molecule has 18 heavy (non-hydrogen) atoms. The summed E-state index contributed by atoms with van der Waals surface area (Å²) in [6.45, 7) is 0. The predicted octanol–water partition coefficient (Wildman–Crippen LogP) is 2.50. The first-order chi connectivity index (χ1) is 8.62. The monoisotopic (exact) mass is 268 g/mol. The van der Waals surface area contributed by atoms with Crippen LogP contribution in [0.2, 0.25) is 5.02 Å². The fourth-order valence-electron chi connectivity index (χ4n) is 1.78. The highest BCUT2D eigenvalue weighted by Crippen LogP contribution is 2.42. The van der Waals surface area contributed by atoms with Gasteiger partial charge in [-0.15, -0.1) is 0 Å². The number of ether oxygens (including phenoxy) is 3. The molecule has 0 aliphatic heterocycles. The molecule has 0 spiro atoms. The summed E-state index contributed by atoms with van der Waals surface area (Å²) in [4.78, 5) is 4.27. The van der Waals surface area contributed by atoms with Gasteiger partial charge in [-0.3, -0.25) is 0 Å². The van der Waals surface area contributed by atoms with E-state index in [1.54, 1.807) is 12.1 Å². The predicted molar refractivity (Wildman–Crippen MR) is 70.8 cm³/mol. The van der Waals surface area contributed by atoms with Crippen LogP contribution in [0.1, 0.15) is 0 Å². The number of nitrogens with two attached hydrogens (primary N) is 1. The van der Waals surface area contributed by atoms with Crippen LogP contribution in [-0.4, -0.2) is 26.3 Å². The topological polar surface area (TPSA) is 66.6 Å². The first-order valence-electron chi connectivity index (χ1n) is 5.17. The van der Waals surface area contributed by atoms with Gasteiger partial charge in [-0.25, -0.2) is 4.98 Å². The number of methoxy groups -OCH3 is 3. The Morgan fingerprint density at radius 3 is 2.39 bits per heavy atom. The number of halogens is 1. The van der Waals surface area contributed by atoms with Crippen LogP contribution in [0.3, 0.4) is 0 Å². The minimum atomic E-state index is 0.397. The van der Waals surface area contributed by atoms with Crippen molar-refractivity contribution in [3.63, 3.8) is 0 Å². The van der Waals surface area contributed by atoms with Crippen LogP contribution in [0, 0.1) is 0 Å². The summed E-state index contributed by atoms with van der Waals surface area (Å²) in [5, 5.41) is 1.04. The number of fused-ring (bicyclic) bond motifs is 1. The number of aromatic nitrogens is 1. The van der Waals surface area contributed by atoms with E-state index in [4.69, 9.17) is 31.5 Å². The maximum Gasteiger partial charge on any atom is 0.215 e. The lowest BCUT2D eigenvalue weighted by atomic mass is 10.1. The Balaban J connectivity index is 2.90. The van der Waals surface area contributed by atoms with Gasteiger partial charge in [0, 0.05) is 12.1 Å². The number of nitrogens with zero attached hydrogens (tertiary/aromatic N) is 1. The SMILES string of the molecule is COc1cc(N)c2c(OC)c(OC)cc(Cl)c2n1. The largest absolute Gasteiger partial charge is 0.493 e. The van der Waals surface area contributed by atoms with Crippen molar-refractivity contribution in [3.05, 3.63) is 17.2 Å². The van der Waals surface area contributed by atoms with Crippen LogP contribution in [0.15, 0.2) is 12.1 Å². The minimum Gasteiger partial charge on any atom is -0.493 e. The van der Waals surface area contributed by atoms with Crippen LogP contribution in [0.5, 0.6) is 17.4 Å². The Labute approximate surface area is 109 Å². The fourth-order valence-corrected chi connectivity index (χ4v) is 2.02. The van der Waals surface area contributed by atoms with Crippen LogP contribution < -0.4 is 19.9 Å². The summed E-state index contributed by atoms with van der Waals surface area (Å²) < 4.78 is 15.6. The summed E-state index contributed by atoms with van der Waals surface area (Å²) in [7, 11) is 4.59. The van der Waals surface area contributed by atoms with Gasteiger partial charge in [0.1, 0.15) is 0 Å². The lowest BCUT2D eigenvalue weighted by Gasteiger charge is -2.14. The fraction of sp³-hybridized carbons (Fsp3) is 0.250. The van der Waals surface area contributed by atoms with Gasteiger partial charge in [-0.1, -0.05) is 11.6 Å². The average molecular weight is 269 g/mol. The van der Waals surface area contributed by atoms with E-state index < -0.39 is 0 Å². The molecule has 0 radical (unpaired) electrons. The van der Waals surface area contributed by atoms with Crippen molar-refractivity contribution in [3.8, 4) is 17.4 Å². The third kappa shape index (κ3) is 1.86. The van der Waals surface area contributed by atoms with E-state index in [1.807, 2.05) is 0 Å². The molecule has 96 valence electrons. The molecule has 0 unspecified atom stereocenters. The molecule has 6 heteroatoms. The molecule has 2 rings (SSSR count). The van der Waals surface area contributed by atoms with Crippen LogP contribution >= 0.6 is 11.6 Å². The Kier molecular flexibility index (Phi) is 3.34. The lowest BCUT2D eigenvalue weighted by Crippen LogP contribution is -1.98. The highest BCUT2D eigenvalue weighted by atomic mass is 35.5. The van der Waals surface area contributed by atoms with Crippen molar-refractivity contribution in [2.24, 2.45) is 0 Å². The number of nitrogen functional groups attached to an aromatic ring is 1. The molecule has 0 fully saturated rings. The number of pyridine rings is 1. The Morgan fingerprint density at radius 2 is 1.83 bits per heavy atom. The van der Waals surface area contributed by atoms with E-state index in [-0.39, 0.29) is 0 Å². The third-order valence-corrected chi connectivity index (χ3v) is 2.88. The first kappa shape index (κ1) is 12.6. The zero-order chi connectivity index (χ0) is 13.3. The van der Waals surface area contributed by atoms with Gasteiger partial charge < -0.3 is 19.9 Å². The average Bonchev–Trinajstić information content (AvgIpc) is 2.38. The minimum absolute atomic E-state index is 0.397. The van der Waals surface area contributed by atoms with Gasteiger partial charge >= 0.3 is 0 Å². The van der Waals surface area contributed by atoms with Crippen molar-refractivity contribution in [1.29, 1.82) is 0 Å². The van der Waals surface area contributed by atoms with Gasteiger partial charge in [-0.05, 0) is 0 Å². The van der Waals surface area contributed by atoms with Crippen LogP contribution in [0.4, 0.5) is 5.69 Å². The summed E-state index contributed by atoms with van der Waals surface area (Å²) >= 11 is 6.16. The molecule has 0 atom stereocenters. The van der Waals surface area contributed by atoms with Crippen molar-refractivity contribution >= 4 is 28.2 Å². The van der Waals surface area contributed by atoms with E-state index in [0.717, 1.165) is 0 Å². The van der Waals surface area contributed by atoms with Gasteiger partial charge in [0.15, 0.2) is 11.5 Å². The number of hydrogen-bond donors (Lipinski definition) is 1. The van der Waals surface area contributed by atoms with Crippen molar-refractivity contribution < 1.29 is 14.2 Å². The molecule has 1 aromatic heterocycles. The first-order valence-corrected chi connectivity index (χ1v) is 5.54. The van der Waals surface area contributed by atoms with E-state index in [2.05, 4.69) is 4.98 Å². The normalized spacial score (nSPS) is 10.4. The van der Waals surface area contributed by atoms with E-state index in [0.29, 0.717) is 39.0 Å². The molecular weight excluding hydrogens is 256 g/mol. The highest BCUT2D eigenvalue weighted by Gasteiger charge is 2.17. The van der Waals surface area contributed by atoms with Gasteiger partial charge in [0.05, 0.1) is 42.9 Å². The molecular formula is C12H13ClN2O3. The molecule has 5 nitrogen and oxygen atoms in total. The number of anilines is 1. The molecule has 2 N–H and O–H groups in total. The number of hydrogen-bond acceptors (Lipinski definition) is 5. The molecule has 0 saturated carbocycles. The summed E-state index contributed by atoms with van der Waals surface area (Å²) in [6, 6.07) is 3.25. The maximum absolute atomic E-state index is 6.16. The molecule has 2 aromatic rings. The molecule has 0 saturated heterocycles. The Hall–Kier alpha value is -1.88. The van der Waals surface area contributed by atoms with Gasteiger partial charge in [-0.2, -0.15) is 0 Å². The lowest BCUT2D eigenvalue weighted by molar-refractivity contribution is 0.358. The molecule has 0 bridgehead atoms. The zero-order valence-corrected chi connectivity index (χ0v) is 11.0. The van der Waals surface area contributed by atoms with Gasteiger partial charge in [0.25, 0.3) is 0 Å². The second-order valence-electron chi connectivity index (χ2n) is 3.57. The molecule has 1 aromatic carbocycles. The number of benzene rings is 1. The smallest absolute Gasteiger partial charge is 0.215 e. The molecule has 1 heterocycles. The quantitative estimate of drug-likeness (QED) is 0.926. The zero-order valence-electron chi connectivity index (χ0n) is 10.3. The molecule has 0 aliphatic rings. The van der Waals surface area contributed by atoms with Gasteiger partial charge in [0.2, 0.25) is 5.88 Å². The standard InChI is InChI=1S/C12H13ClN2O3/c1-16-8-4-6(13)11-10(12(8)18-3)7(14)5-9(15-11)17-2/h4-5H,1-3H3,(H2,14,15). The highest BCUT2D eigenvalue weighted by molar-refractivity contribution is 6.36.